The monoisotopic (exact) mass is 407 g/mol. The van der Waals surface area contributed by atoms with Gasteiger partial charge in [-0.15, -0.1) is 0 Å². The number of hydrogen-bond acceptors (Lipinski definition) is 3. The van der Waals surface area contributed by atoms with Crippen LogP contribution >= 0.6 is 0 Å². The summed E-state index contributed by atoms with van der Waals surface area (Å²) in [5, 5.41) is 2.09. The summed E-state index contributed by atoms with van der Waals surface area (Å²) in [4.78, 5) is 13.9. The molecule has 0 spiro atoms. The quantitative estimate of drug-likeness (QED) is 0.804. The molecule has 1 aromatic carbocycles. The van der Waals surface area contributed by atoms with Gasteiger partial charge in [-0.25, -0.2) is 17.9 Å². The number of aryl methyl sites for hydroxylation is 1. The van der Waals surface area contributed by atoms with Gasteiger partial charge in [-0.3, -0.25) is 0 Å². The van der Waals surface area contributed by atoms with Crippen molar-refractivity contribution in [2.24, 2.45) is 0 Å². The van der Waals surface area contributed by atoms with Gasteiger partial charge in [0.25, 0.3) is 0 Å². The maximum Gasteiger partial charge on any atom is 0.416 e. The fraction of sp³-hybridized carbons (Fsp3) is 0.588. The van der Waals surface area contributed by atoms with Crippen LogP contribution in [0.1, 0.15) is 37.8 Å². The van der Waals surface area contributed by atoms with Crippen LogP contribution in [-0.4, -0.2) is 43.7 Å². The summed E-state index contributed by atoms with van der Waals surface area (Å²) in [6.07, 6.45) is -3.48. The van der Waals surface area contributed by atoms with Crippen molar-refractivity contribution in [3.05, 3.63) is 29.3 Å². The van der Waals surface area contributed by atoms with E-state index in [1.807, 2.05) is 0 Å². The van der Waals surface area contributed by atoms with Crippen LogP contribution in [0.25, 0.3) is 0 Å². The smallest absolute Gasteiger partial charge is 0.324 e. The lowest BCUT2D eigenvalue weighted by molar-refractivity contribution is -0.137. The molecular formula is C17H24F3N3O3S. The summed E-state index contributed by atoms with van der Waals surface area (Å²) in [5.74, 6) is 0. The average molecular weight is 407 g/mol. The second-order valence-corrected chi connectivity index (χ2v) is 9.20. The Morgan fingerprint density at radius 2 is 1.81 bits per heavy atom. The molecule has 2 amide bonds. The lowest BCUT2D eigenvalue weighted by Gasteiger charge is -2.32. The van der Waals surface area contributed by atoms with Gasteiger partial charge >= 0.3 is 12.2 Å². The number of alkyl halides is 3. The van der Waals surface area contributed by atoms with Crippen LogP contribution in [0.2, 0.25) is 0 Å². The van der Waals surface area contributed by atoms with Crippen molar-refractivity contribution < 1.29 is 26.4 Å². The fourth-order valence-corrected chi connectivity index (χ4v) is 3.72. The minimum absolute atomic E-state index is 0.228. The summed E-state index contributed by atoms with van der Waals surface area (Å²) >= 11 is 0. The molecule has 10 heteroatoms. The predicted octanol–water partition coefficient (Wildman–Crippen LogP) is 3.34. The van der Waals surface area contributed by atoms with Crippen molar-refractivity contribution in [2.45, 2.75) is 51.1 Å². The Hall–Kier alpha value is -1.81. The highest BCUT2D eigenvalue weighted by Gasteiger charge is 2.31. The first kappa shape index (κ1) is 21.5. The number of carbonyl (C=O) groups is 1. The number of urea groups is 1. The molecule has 27 heavy (non-hydrogen) atoms. The minimum Gasteiger partial charge on any atom is -0.324 e. The Labute approximate surface area is 157 Å². The summed E-state index contributed by atoms with van der Waals surface area (Å²) in [5.41, 5.74) is -0.135. The number of rotatable bonds is 4. The van der Waals surface area contributed by atoms with Crippen molar-refractivity contribution in [1.29, 1.82) is 0 Å². The van der Waals surface area contributed by atoms with Crippen LogP contribution < -0.4 is 10.0 Å². The van der Waals surface area contributed by atoms with Gasteiger partial charge in [0, 0.05) is 24.8 Å². The van der Waals surface area contributed by atoms with Crippen LogP contribution in [0.15, 0.2) is 18.2 Å². The number of anilines is 1. The Kier molecular flexibility index (Phi) is 6.41. The zero-order valence-electron chi connectivity index (χ0n) is 15.4. The average Bonchev–Trinajstić information content (AvgIpc) is 2.55. The van der Waals surface area contributed by atoms with Gasteiger partial charge < -0.3 is 10.2 Å². The van der Waals surface area contributed by atoms with Crippen LogP contribution in [0.5, 0.6) is 0 Å². The number of amides is 2. The Morgan fingerprint density at radius 1 is 1.22 bits per heavy atom. The van der Waals surface area contributed by atoms with Crippen LogP contribution in [0.3, 0.4) is 0 Å². The number of hydrogen-bond donors (Lipinski definition) is 2. The van der Waals surface area contributed by atoms with Crippen LogP contribution in [0.4, 0.5) is 23.7 Å². The van der Waals surface area contributed by atoms with E-state index < -0.39 is 33.0 Å². The predicted molar refractivity (Wildman–Crippen MR) is 97.0 cm³/mol. The number of halogens is 3. The molecule has 1 fully saturated rings. The number of benzene rings is 1. The molecule has 1 aliphatic heterocycles. The van der Waals surface area contributed by atoms with Gasteiger partial charge in [0.15, 0.2) is 0 Å². The fourth-order valence-electron chi connectivity index (χ4n) is 2.74. The van der Waals surface area contributed by atoms with Gasteiger partial charge in [-0.2, -0.15) is 13.2 Å². The second kappa shape index (κ2) is 8.05. The Balaban J connectivity index is 1.93. The van der Waals surface area contributed by atoms with Gasteiger partial charge in [-0.1, -0.05) is 0 Å². The highest BCUT2D eigenvalue weighted by Crippen LogP contribution is 2.31. The molecule has 0 bridgehead atoms. The SMILES string of the molecule is Cc1cc(C(F)(F)F)ccc1NC(=O)N1CCC(NS(=O)(=O)C(C)C)CC1. The first-order valence-electron chi connectivity index (χ1n) is 8.65. The number of sulfonamides is 1. The third-order valence-electron chi connectivity index (χ3n) is 4.53. The molecule has 6 nitrogen and oxygen atoms in total. The molecule has 0 aliphatic carbocycles. The number of nitrogens with one attached hydrogen (secondary N) is 2. The molecular weight excluding hydrogens is 383 g/mol. The third-order valence-corrected chi connectivity index (χ3v) is 6.43. The molecule has 0 aromatic heterocycles. The lowest BCUT2D eigenvalue weighted by atomic mass is 10.1. The van der Waals surface area contributed by atoms with E-state index in [1.165, 1.54) is 17.9 Å². The van der Waals surface area contributed by atoms with Crippen molar-refractivity contribution in [1.82, 2.24) is 9.62 Å². The standard InChI is InChI=1S/C17H24F3N3O3S/c1-11(2)27(25,26)22-14-6-8-23(9-7-14)16(24)21-15-5-4-13(10-12(15)3)17(18,19)20/h4-5,10-11,14,22H,6-9H2,1-3H3,(H,21,24). The number of likely N-dealkylation sites (tertiary alicyclic amines) is 1. The topological polar surface area (TPSA) is 78.5 Å². The number of nitrogens with zero attached hydrogens (tertiary/aromatic N) is 1. The van der Waals surface area contributed by atoms with Gasteiger partial charge in [0.2, 0.25) is 10.0 Å². The largest absolute Gasteiger partial charge is 0.416 e. The Morgan fingerprint density at radius 3 is 2.30 bits per heavy atom. The molecule has 1 heterocycles. The normalized spacial score (nSPS) is 16.6. The molecule has 1 saturated heterocycles. The molecule has 1 aliphatic rings. The molecule has 1 aromatic rings. The minimum atomic E-state index is -4.43. The van der Waals surface area contributed by atoms with Crippen molar-refractivity contribution in [3.63, 3.8) is 0 Å². The van der Waals surface area contributed by atoms with Gasteiger partial charge in [-0.05, 0) is 57.4 Å². The van der Waals surface area contributed by atoms with Crippen molar-refractivity contribution >= 4 is 21.7 Å². The van der Waals surface area contributed by atoms with Gasteiger partial charge in [0.1, 0.15) is 0 Å². The maximum atomic E-state index is 12.7. The van der Waals surface area contributed by atoms with Crippen LogP contribution in [0, 0.1) is 6.92 Å². The number of carbonyl (C=O) groups excluding carboxylic acids is 1. The summed E-state index contributed by atoms with van der Waals surface area (Å²) in [7, 11) is -3.37. The molecule has 2 rings (SSSR count). The molecule has 0 radical (unpaired) electrons. The second-order valence-electron chi connectivity index (χ2n) is 6.93. The van der Waals surface area contributed by atoms with E-state index in [-0.39, 0.29) is 6.04 Å². The van der Waals surface area contributed by atoms with E-state index in [4.69, 9.17) is 0 Å². The first-order chi connectivity index (χ1) is 12.4. The molecule has 0 unspecified atom stereocenters. The molecule has 0 atom stereocenters. The van der Waals surface area contributed by atoms with E-state index in [1.54, 1.807) is 13.8 Å². The Bertz CT molecular complexity index is 786. The zero-order valence-corrected chi connectivity index (χ0v) is 16.2. The van der Waals surface area contributed by atoms with Crippen LogP contribution in [-0.2, 0) is 16.2 Å². The summed E-state index contributed by atoms with van der Waals surface area (Å²) in [6.45, 7) is 5.40. The van der Waals surface area contributed by atoms with E-state index in [0.717, 1.165) is 12.1 Å². The van der Waals surface area contributed by atoms with E-state index >= 15 is 0 Å². The summed E-state index contributed by atoms with van der Waals surface area (Å²) in [6, 6.07) is 2.51. The highest BCUT2D eigenvalue weighted by atomic mass is 32.2. The zero-order chi connectivity index (χ0) is 20.4. The van der Waals surface area contributed by atoms with Gasteiger partial charge in [0.05, 0.1) is 10.8 Å². The first-order valence-corrected chi connectivity index (χ1v) is 10.2. The lowest BCUT2D eigenvalue weighted by Crippen LogP contribution is -2.48. The van der Waals surface area contributed by atoms with E-state index in [0.29, 0.717) is 37.2 Å². The van der Waals surface area contributed by atoms with Crippen molar-refractivity contribution in [3.8, 4) is 0 Å². The van der Waals surface area contributed by atoms with E-state index in [2.05, 4.69) is 10.0 Å². The third kappa shape index (κ3) is 5.58. The summed E-state index contributed by atoms with van der Waals surface area (Å²) < 4.78 is 64.6. The molecule has 0 saturated carbocycles. The molecule has 152 valence electrons. The van der Waals surface area contributed by atoms with E-state index in [9.17, 15) is 26.4 Å². The maximum absolute atomic E-state index is 12.7. The molecule has 2 N–H and O–H groups in total. The highest BCUT2D eigenvalue weighted by molar-refractivity contribution is 7.90. The van der Waals surface area contributed by atoms with Crippen molar-refractivity contribution in [2.75, 3.05) is 18.4 Å². The number of piperidine rings is 1.